The normalized spacial score (nSPS) is 12.6. The van der Waals surface area contributed by atoms with Gasteiger partial charge in [-0.05, 0) is 35.9 Å². The van der Waals surface area contributed by atoms with Crippen LogP contribution in [0.25, 0.3) is 6.08 Å². The number of para-hydroxylation sites is 1. The van der Waals surface area contributed by atoms with E-state index in [0.29, 0.717) is 11.5 Å². The van der Waals surface area contributed by atoms with Gasteiger partial charge in [0.15, 0.2) is 28.8 Å². The molecule has 0 amide bonds. The van der Waals surface area contributed by atoms with Crippen molar-refractivity contribution in [3.63, 3.8) is 0 Å². The predicted molar refractivity (Wildman–Crippen MR) is 80.6 cm³/mol. The maximum Gasteiger partial charge on any atom is 0.231 e. The summed E-state index contributed by atoms with van der Waals surface area (Å²) in [6.45, 7) is 0.207. The molecule has 0 radical (unpaired) electrons. The molecule has 2 aromatic carbocycles. The molecular formula is C17H14O5. The first kappa shape index (κ1) is 14.0. The highest BCUT2D eigenvalue weighted by molar-refractivity contribution is 6.09. The number of rotatable bonds is 4. The zero-order valence-corrected chi connectivity index (χ0v) is 11.9. The van der Waals surface area contributed by atoms with Gasteiger partial charge in [0.25, 0.3) is 0 Å². The molecule has 0 aromatic heterocycles. The highest BCUT2D eigenvalue weighted by Crippen LogP contribution is 2.33. The molecule has 112 valence electrons. The van der Waals surface area contributed by atoms with Crippen LogP contribution in [-0.4, -0.2) is 24.8 Å². The number of ketones is 1. The number of hydrogen-bond donors (Lipinski definition) is 1. The molecule has 1 aliphatic heterocycles. The fourth-order valence-electron chi connectivity index (χ4n) is 2.16. The van der Waals surface area contributed by atoms with Gasteiger partial charge in [0.05, 0.1) is 12.7 Å². The summed E-state index contributed by atoms with van der Waals surface area (Å²) >= 11 is 0. The second kappa shape index (κ2) is 5.81. The molecular weight excluding hydrogens is 284 g/mol. The second-order valence-corrected chi connectivity index (χ2v) is 4.67. The zero-order chi connectivity index (χ0) is 15.5. The molecule has 0 fully saturated rings. The van der Waals surface area contributed by atoms with Crippen LogP contribution < -0.4 is 14.2 Å². The molecule has 0 unspecified atom stereocenters. The Hall–Kier alpha value is -2.95. The van der Waals surface area contributed by atoms with Gasteiger partial charge in [-0.15, -0.1) is 0 Å². The van der Waals surface area contributed by atoms with Crippen LogP contribution in [0.4, 0.5) is 0 Å². The van der Waals surface area contributed by atoms with Crippen molar-refractivity contribution < 1.29 is 24.1 Å². The summed E-state index contributed by atoms with van der Waals surface area (Å²) in [7, 11) is 1.44. The Morgan fingerprint density at radius 2 is 2.05 bits per heavy atom. The lowest BCUT2D eigenvalue weighted by molar-refractivity contribution is 0.104. The van der Waals surface area contributed by atoms with Gasteiger partial charge >= 0.3 is 0 Å². The number of methoxy groups -OCH3 is 1. The van der Waals surface area contributed by atoms with E-state index < -0.39 is 0 Å². The Kier molecular flexibility index (Phi) is 3.70. The minimum atomic E-state index is -0.311. The van der Waals surface area contributed by atoms with E-state index in [1.807, 2.05) is 6.07 Å². The SMILES string of the molecule is COc1cccc(C(=O)/C=C/c2ccc3c(c2)OCO3)c1O. The van der Waals surface area contributed by atoms with Gasteiger partial charge in [-0.3, -0.25) is 4.79 Å². The first-order valence-electron chi connectivity index (χ1n) is 6.67. The number of hydrogen-bond acceptors (Lipinski definition) is 5. The van der Waals surface area contributed by atoms with Crippen molar-refractivity contribution in [1.29, 1.82) is 0 Å². The van der Waals surface area contributed by atoms with Crippen molar-refractivity contribution >= 4 is 11.9 Å². The number of carbonyl (C=O) groups is 1. The smallest absolute Gasteiger partial charge is 0.231 e. The summed E-state index contributed by atoms with van der Waals surface area (Å²) in [5.74, 6) is 1.13. The van der Waals surface area contributed by atoms with Gasteiger partial charge in [-0.25, -0.2) is 0 Å². The van der Waals surface area contributed by atoms with E-state index in [1.165, 1.54) is 13.2 Å². The van der Waals surface area contributed by atoms with Crippen molar-refractivity contribution in [1.82, 2.24) is 0 Å². The van der Waals surface area contributed by atoms with Crippen LogP contribution >= 0.6 is 0 Å². The molecule has 5 nitrogen and oxygen atoms in total. The van der Waals surface area contributed by atoms with Gasteiger partial charge in [-0.1, -0.05) is 18.2 Å². The van der Waals surface area contributed by atoms with Crippen molar-refractivity contribution in [3.05, 3.63) is 53.6 Å². The number of benzene rings is 2. The van der Waals surface area contributed by atoms with E-state index in [4.69, 9.17) is 14.2 Å². The largest absolute Gasteiger partial charge is 0.504 e. The van der Waals surface area contributed by atoms with Crippen LogP contribution in [0, 0.1) is 0 Å². The third-order valence-corrected chi connectivity index (χ3v) is 3.31. The summed E-state index contributed by atoms with van der Waals surface area (Å²) in [6, 6.07) is 10.2. The van der Waals surface area contributed by atoms with E-state index in [0.717, 1.165) is 5.56 Å². The van der Waals surface area contributed by atoms with Gasteiger partial charge in [0.1, 0.15) is 0 Å². The molecule has 0 saturated heterocycles. The highest BCUT2D eigenvalue weighted by atomic mass is 16.7. The van der Waals surface area contributed by atoms with E-state index >= 15 is 0 Å². The highest BCUT2D eigenvalue weighted by Gasteiger charge is 2.14. The van der Waals surface area contributed by atoms with E-state index in [-0.39, 0.29) is 29.6 Å². The lowest BCUT2D eigenvalue weighted by atomic mass is 10.1. The molecule has 0 bridgehead atoms. The van der Waals surface area contributed by atoms with E-state index in [1.54, 1.807) is 36.4 Å². The van der Waals surface area contributed by atoms with Gasteiger partial charge < -0.3 is 19.3 Å². The molecule has 0 aliphatic carbocycles. The molecule has 2 aromatic rings. The molecule has 1 N–H and O–H groups in total. The lowest BCUT2D eigenvalue weighted by Gasteiger charge is -2.06. The average Bonchev–Trinajstić information content (AvgIpc) is 3.00. The summed E-state index contributed by atoms with van der Waals surface area (Å²) in [6.07, 6.45) is 3.05. The lowest BCUT2D eigenvalue weighted by Crippen LogP contribution is -1.96. The Labute approximate surface area is 127 Å². The fraction of sp³-hybridized carbons (Fsp3) is 0.118. The number of fused-ring (bicyclic) bond motifs is 1. The Morgan fingerprint density at radius 1 is 1.23 bits per heavy atom. The maximum absolute atomic E-state index is 12.2. The summed E-state index contributed by atoms with van der Waals surface area (Å²) in [5, 5.41) is 9.97. The molecule has 0 saturated carbocycles. The van der Waals surface area contributed by atoms with Crippen molar-refractivity contribution in [2.24, 2.45) is 0 Å². The first-order valence-corrected chi connectivity index (χ1v) is 6.67. The molecule has 3 rings (SSSR count). The molecule has 1 heterocycles. The van der Waals surface area contributed by atoms with Crippen LogP contribution in [0.3, 0.4) is 0 Å². The Balaban J connectivity index is 1.82. The van der Waals surface area contributed by atoms with Crippen molar-refractivity contribution in [3.8, 4) is 23.0 Å². The summed E-state index contributed by atoms with van der Waals surface area (Å²) in [5.41, 5.74) is 0.997. The first-order chi connectivity index (χ1) is 10.7. The summed E-state index contributed by atoms with van der Waals surface area (Å²) in [4.78, 5) is 12.2. The number of allylic oxidation sites excluding steroid dienone is 1. The molecule has 22 heavy (non-hydrogen) atoms. The number of ether oxygens (including phenoxy) is 3. The Morgan fingerprint density at radius 3 is 2.86 bits per heavy atom. The van der Waals surface area contributed by atoms with Crippen LogP contribution in [-0.2, 0) is 0 Å². The van der Waals surface area contributed by atoms with Gasteiger partial charge in [-0.2, -0.15) is 0 Å². The monoisotopic (exact) mass is 298 g/mol. The zero-order valence-electron chi connectivity index (χ0n) is 11.9. The molecule has 1 aliphatic rings. The predicted octanol–water partition coefficient (Wildman–Crippen LogP) is 3.03. The quantitative estimate of drug-likeness (QED) is 0.694. The molecule has 0 atom stereocenters. The van der Waals surface area contributed by atoms with Crippen LogP contribution in [0.2, 0.25) is 0 Å². The van der Waals surface area contributed by atoms with Crippen LogP contribution in [0.15, 0.2) is 42.5 Å². The number of aromatic hydroxyl groups is 1. The maximum atomic E-state index is 12.2. The van der Waals surface area contributed by atoms with Gasteiger partial charge in [0.2, 0.25) is 6.79 Å². The average molecular weight is 298 g/mol. The third kappa shape index (κ3) is 2.61. The van der Waals surface area contributed by atoms with Gasteiger partial charge in [0, 0.05) is 0 Å². The topological polar surface area (TPSA) is 65.0 Å². The minimum Gasteiger partial charge on any atom is -0.504 e. The van der Waals surface area contributed by atoms with Crippen LogP contribution in [0.5, 0.6) is 23.0 Å². The molecule has 0 spiro atoms. The second-order valence-electron chi connectivity index (χ2n) is 4.67. The van der Waals surface area contributed by atoms with Crippen molar-refractivity contribution in [2.45, 2.75) is 0 Å². The van der Waals surface area contributed by atoms with E-state index in [9.17, 15) is 9.90 Å². The standard InChI is InChI=1S/C17H14O5/c1-20-15-4-2-3-12(17(15)19)13(18)7-5-11-6-8-14-16(9-11)22-10-21-14/h2-9,19H,10H2,1H3/b7-5+. The minimum absolute atomic E-state index is 0.162. The van der Waals surface area contributed by atoms with E-state index in [2.05, 4.69) is 0 Å². The Bertz CT molecular complexity index is 749. The fourth-order valence-corrected chi connectivity index (χ4v) is 2.16. The molecule has 5 heteroatoms. The number of phenolic OH excluding ortho intramolecular Hbond substituents is 1. The van der Waals surface area contributed by atoms with Crippen LogP contribution in [0.1, 0.15) is 15.9 Å². The number of carbonyl (C=O) groups excluding carboxylic acids is 1. The van der Waals surface area contributed by atoms with Crippen molar-refractivity contribution in [2.75, 3.05) is 13.9 Å². The summed E-state index contributed by atoms with van der Waals surface area (Å²) < 4.78 is 15.5. The number of phenols is 1. The third-order valence-electron chi connectivity index (χ3n) is 3.31.